The zero-order valence-corrected chi connectivity index (χ0v) is 3.62. The van der Waals surface area contributed by atoms with Gasteiger partial charge in [-0.3, -0.25) is 0 Å². The summed E-state index contributed by atoms with van der Waals surface area (Å²) < 4.78 is 0. The maximum atomic E-state index is 9.81. The van der Waals surface area contributed by atoms with Crippen LogP contribution in [-0.2, 0) is 4.79 Å². The fourth-order valence-corrected chi connectivity index (χ4v) is 0. The maximum absolute atomic E-state index is 9.81. The van der Waals surface area contributed by atoms with Gasteiger partial charge in [0.15, 0.2) is 0 Å². The van der Waals surface area contributed by atoms with Gasteiger partial charge >= 0.3 is 0 Å². The van der Waals surface area contributed by atoms with Gasteiger partial charge < -0.3 is 4.79 Å². The van der Waals surface area contributed by atoms with Gasteiger partial charge in [-0.2, -0.15) is 0 Å². The van der Waals surface area contributed by atoms with E-state index in [2.05, 4.69) is 0 Å². The number of hydrogen-bond donors (Lipinski definition) is 0. The summed E-state index contributed by atoms with van der Waals surface area (Å²) in [7, 11) is 0. The van der Waals surface area contributed by atoms with E-state index in [4.69, 9.17) is 0 Å². The van der Waals surface area contributed by atoms with Crippen molar-refractivity contribution < 1.29 is 4.79 Å². The molecule has 0 aliphatic heterocycles. The Hall–Kier alpha value is -0.330. The van der Waals surface area contributed by atoms with Gasteiger partial charge in [0.25, 0.3) is 0 Å². The van der Waals surface area contributed by atoms with E-state index >= 15 is 0 Å². The number of carbonyl (C=O) groups is 1. The first-order valence-electron chi connectivity index (χ1n) is 1.76. The predicted octanol–water partition coefficient (Wildman–Crippen LogP) is 1.62. The average Bonchev–Trinajstić information content (AvgIpc) is 1.38. The van der Waals surface area contributed by atoms with Crippen molar-refractivity contribution in [1.29, 1.82) is 0 Å². The zero-order chi connectivity index (χ0) is 4.28. The van der Waals surface area contributed by atoms with Crippen LogP contribution in [0.4, 0.5) is 0 Å². The summed E-state index contributed by atoms with van der Waals surface area (Å²) in [4.78, 5) is 9.81. The maximum Gasteiger partial charge on any atom is 0.129 e. The molecule has 0 aliphatic rings. The Kier molecular flexibility index (Phi) is 7.15. The summed E-state index contributed by atoms with van der Waals surface area (Å²) in [5.74, 6) is 0.255. The van der Waals surface area contributed by atoms with Crippen molar-refractivity contribution in [3.63, 3.8) is 0 Å². The molecule has 0 saturated carbocycles. The van der Waals surface area contributed by atoms with Crippen LogP contribution in [0.5, 0.6) is 0 Å². The molecule has 0 N–H and O–H groups in total. The minimum atomic E-state index is 0. The normalized spacial score (nSPS) is 6.33. The van der Waals surface area contributed by atoms with E-state index in [0.717, 1.165) is 0 Å². The van der Waals surface area contributed by atoms with Crippen LogP contribution in [0.2, 0.25) is 0 Å². The van der Waals surface area contributed by atoms with Crippen molar-refractivity contribution in [3.8, 4) is 0 Å². The molecule has 0 rings (SSSR count). The number of hydrogen-bond acceptors (Lipinski definition) is 1. The quantitative estimate of drug-likeness (QED) is 0.476. The highest BCUT2D eigenvalue weighted by atomic mass is 16.1. The molecule has 1 nitrogen and oxygen atoms in total. The third-order valence-electron chi connectivity index (χ3n) is 0.498. The Balaban J connectivity index is 0. The molecule has 0 amide bonds. The molecule has 0 bridgehead atoms. The smallest absolute Gasteiger partial charge is 0.129 e. The standard InChI is InChI=1S/C4H8O.CH4/c1-3-4(2)5;/h3H2,1-2H3;1H4. The average molecular weight is 88.1 g/mol. The Morgan fingerprint density at radius 3 is 1.83 bits per heavy atom. The van der Waals surface area contributed by atoms with Gasteiger partial charge in [-0.05, 0) is 6.92 Å². The van der Waals surface area contributed by atoms with Gasteiger partial charge in [-0.25, -0.2) is 0 Å². The van der Waals surface area contributed by atoms with Crippen molar-refractivity contribution in [2.75, 3.05) is 0 Å². The summed E-state index contributed by atoms with van der Waals surface area (Å²) in [6.07, 6.45) is 0.667. The van der Waals surface area contributed by atoms with Crippen LogP contribution in [0.1, 0.15) is 27.7 Å². The van der Waals surface area contributed by atoms with E-state index in [1.54, 1.807) is 6.92 Å². The largest absolute Gasteiger partial charge is 0.300 e. The first kappa shape index (κ1) is 9.18. The topological polar surface area (TPSA) is 17.1 Å². The molecule has 0 unspecified atom stereocenters. The first-order valence-corrected chi connectivity index (χ1v) is 1.76. The lowest BCUT2D eigenvalue weighted by Crippen LogP contribution is -1.80. The molecule has 0 spiro atoms. The second-order valence-electron chi connectivity index (χ2n) is 1.06. The molecule has 0 aromatic heterocycles. The van der Waals surface area contributed by atoms with Crippen LogP contribution in [0.25, 0.3) is 0 Å². The lowest BCUT2D eigenvalue weighted by atomic mass is 10.4. The van der Waals surface area contributed by atoms with Crippen molar-refractivity contribution >= 4 is 5.78 Å². The summed E-state index contributed by atoms with van der Waals surface area (Å²) >= 11 is 0. The van der Waals surface area contributed by atoms with E-state index in [9.17, 15) is 4.79 Å². The Morgan fingerprint density at radius 1 is 1.67 bits per heavy atom. The van der Waals surface area contributed by atoms with E-state index < -0.39 is 0 Å². The molecular weight excluding hydrogens is 76.1 g/mol. The molecule has 0 aliphatic carbocycles. The summed E-state index contributed by atoms with van der Waals surface area (Å²) in [5, 5.41) is 0. The number of Topliss-reactive ketones (excluding diaryl/α,β-unsaturated/α-hetero) is 1. The van der Waals surface area contributed by atoms with Crippen molar-refractivity contribution in [2.45, 2.75) is 27.7 Å². The molecule has 0 atom stereocenters. The zero-order valence-electron chi connectivity index (χ0n) is 3.62. The van der Waals surface area contributed by atoms with Gasteiger partial charge in [-0.1, -0.05) is 14.4 Å². The highest BCUT2D eigenvalue weighted by molar-refractivity contribution is 5.74. The predicted molar refractivity (Wildman–Crippen MR) is 27.7 cm³/mol. The van der Waals surface area contributed by atoms with E-state index in [0.29, 0.717) is 6.42 Å². The lowest BCUT2D eigenvalue weighted by molar-refractivity contribution is -0.116. The fraction of sp³-hybridized carbons (Fsp3) is 0.800. The molecule has 0 aromatic carbocycles. The minimum Gasteiger partial charge on any atom is -0.300 e. The van der Waals surface area contributed by atoms with Crippen molar-refractivity contribution in [1.82, 2.24) is 0 Å². The summed E-state index contributed by atoms with van der Waals surface area (Å²) in [5.41, 5.74) is 0. The molecule has 0 heterocycles. The Labute approximate surface area is 39.4 Å². The van der Waals surface area contributed by atoms with E-state index in [1.165, 1.54) is 0 Å². The second-order valence-corrected chi connectivity index (χ2v) is 1.06. The molecule has 6 heavy (non-hydrogen) atoms. The molecular formula is C5H12O. The second kappa shape index (κ2) is 4.67. The van der Waals surface area contributed by atoms with Gasteiger partial charge in [0, 0.05) is 6.42 Å². The SMILES string of the molecule is C.CCC(C)=O. The van der Waals surface area contributed by atoms with Crippen LogP contribution < -0.4 is 0 Å². The van der Waals surface area contributed by atoms with Crippen LogP contribution in [0.15, 0.2) is 0 Å². The number of rotatable bonds is 1. The first-order chi connectivity index (χ1) is 2.27. The lowest BCUT2D eigenvalue weighted by Gasteiger charge is -1.71. The van der Waals surface area contributed by atoms with Gasteiger partial charge in [0.2, 0.25) is 0 Å². The molecule has 0 fully saturated rings. The molecule has 1 heteroatoms. The van der Waals surface area contributed by atoms with Gasteiger partial charge in [-0.15, -0.1) is 0 Å². The highest BCUT2D eigenvalue weighted by Crippen LogP contribution is 1.71. The van der Waals surface area contributed by atoms with E-state index in [1.807, 2.05) is 6.92 Å². The molecule has 0 radical (unpaired) electrons. The summed E-state index contributed by atoms with van der Waals surface area (Å²) in [6.45, 7) is 3.43. The van der Waals surface area contributed by atoms with Crippen molar-refractivity contribution in [3.05, 3.63) is 0 Å². The molecule has 0 saturated heterocycles. The summed E-state index contributed by atoms with van der Waals surface area (Å²) in [6, 6.07) is 0. The van der Waals surface area contributed by atoms with E-state index in [-0.39, 0.29) is 13.2 Å². The third kappa shape index (κ3) is 9.38. The Morgan fingerprint density at radius 2 is 1.83 bits per heavy atom. The fourth-order valence-electron chi connectivity index (χ4n) is 0. The van der Waals surface area contributed by atoms with Crippen LogP contribution in [0, 0.1) is 0 Å². The Bertz CT molecular complexity index is 39.2. The molecule has 0 aromatic rings. The third-order valence-corrected chi connectivity index (χ3v) is 0.498. The van der Waals surface area contributed by atoms with Crippen LogP contribution in [0.3, 0.4) is 0 Å². The van der Waals surface area contributed by atoms with Crippen molar-refractivity contribution in [2.24, 2.45) is 0 Å². The minimum absolute atomic E-state index is 0. The number of carbonyl (C=O) groups excluding carboxylic acids is 1. The van der Waals surface area contributed by atoms with Crippen LogP contribution >= 0.6 is 0 Å². The van der Waals surface area contributed by atoms with Crippen LogP contribution in [-0.4, -0.2) is 5.78 Å². The number of ketones is 1. The monoisotopic (exact) mass is 88.1 g/mol. The van der Waals surface area contributed by atoms with Gasteiger partial charge in [0.1, 0.15) is 5.78 Å². The van der Waals surface area contributed by atoms with Gasteiger partial charge in [0.05, 0.1) is 0 Å². The highest BCUT2D eigenvalue weighted by Gasteiger charge is 1.76. The molecule has 38 valence electrons.